The molecule has 4 N–H and O–H groups in total. The van der Waals surface area contributed by atoms with Crippen molar-refractivity contribution in [2.45, 2.75) is 57.2 Å². The van der Waals surface area contributed by atoms with Crippen LogP contribution >= 0.6 is 34.8 Å². The van der Waals surface area contributed by atoms with Gasteiger partial charge in [-0.3, -0.25) is 4.79 Å². The standard InChI is InChI=1S/C39H38Cl3N3O6/c1-38(2,3)18-31-39(20-45(29-17-24(40)13-14-26(29)39)19-21-8-10-22(11-9-21)36(47)48)32(25-6-5-7-27(41)33(25)42)34(44-31)35(46)43-28-15-12-23(37(49)50)16-30(28)51-4/h5-17,31-32,34,44H,18-20H2,1-4H3,(H,43,46)(H,47,48)(H,49,50)/t31?,32-,34+,39-/m0/s1. The van der Waals surface area contributed by atoms with Gasteiger partial charge in [0.25, 0.3) is 0 Å². The van der Waals surface area contributed by atoms with Gasteiger partial charge in [-0.25, -0.2) is 9.59 Å². The van der Waals surface area contributed by atoms with Crippen molar-refractivity contribution in [1.29, 1.82) is 0 Å². The molecule has 0 radical (unpaired) electrons. The molecule has 2 heterocycles. The Morgan fingerprint density at radius 1 is 0.941 bits per heavy atom. The van der Waals surface area contributed by atoms with Crippen molar-refractivity contribution in [3.8, 4) is 5.75 Å². The number of halogens is 3. The monoisotopic (exact) mass is 749 g/mol. The van der Waals surface area contributed by atoms with Crippen LogP contribution in [-0.2, 0) is 16.8 Å². The normalized spacial score (nSPS) is 21.1. The fraction of sp³-hybridized carbons (Fsp3) is 0.308. The number of hydrogen-bond acceptors (Lipinski definition) is 6. The maximum absolute atomic E-state index is 14.7. The summed E-state index contributed by atoms with van der Waals surface area (Å²) in [7, 11) is 1.41. The van der Waals surface area contributed by atoms with Crippen LogP contribution in [0.3, 0.4) is 0 Å². The van der Waals surface area contributed by atoms with Gasteiger partial charge in [-0.15, -0.1) is 0 Å². The van der Waals surface area contributed by atoms with E-state index in [0.717, 1.165) is 16.8 Å². The molecule has 4 aromatic rings. The Kier molecular flexibility index (Phi) is 10.0. The number of methoxy groups -OCH3 is 1. The Morgan fingerprint density at radius 2 is 1.63 bits per heavy atom. The third-order valence-electron chi connectivity index (χ3n) is 9.84. The zero-order chi connectivity index (χ0) is 36.8. The first-order valence-corrected chi connectivity index (χ1v) is 17.6. The molecule has 2 aliphatic rings. The predicted octanol–water partition coefficient (Wildman–Crippen LogP) is 8.51. The van der Waals surface area contributed by atoms with Gasteiger partial charge in [0, 0.05) is 41.2 Å². The van der Waals surface area contributed by atoms with Crippen molar-refractivity contribution < 1.29 is 29.3 Å². The molecule has 12 heteroatoms. The topological polar surface area (TPSA) is 128 Å². The van der Waals surface area contributed by atoms with Gasteiger partial charge >= 0.3 is 11.9 Å². The van der Waals surface area contributed by atoms with E-state index in [-0.39, 0.29) is 34.2 Å². The number of hydrogen-bond donors (Lipinski definition) is 4. The molecule has 0 saturated carbocycles. The predicted molar refractivity (Wildman–Crippen MR) is 200 cm³/mol. The SMILES string of the molecule is COc1cc(C(=O)O)ccc1NC(=O)[C@@H]1NC(CC(C)(C)C)[C@@]2(CN(Cc3ccc(C(=O)O)cc3)c3cc(Cl)ccc32)[C@H]1c1cccc(Cl)c1Cl. The molecule has 266 valence electrons. The van der Waals surface area contributed by atoms with E-state index in [9.17, 15) is 24.6 Å². The molecule has 2 aliphatic heterocycles. The van der Waals surface area contributed by atoms with Crippen LogP contribution < -0.4 is 20.3 Å². The molecule has 1 saturated heterocycles. The quantitative estimate of drug-likeness (QED) is 0.134. The molecule has 9 nitrogen and oxygen atoms in total. The summed E-state index contributed by atoms with van der Waals surface area (Å²) in [6.07, 6.45) is 0.686. The summed E-state index contributed by atoms with van der Waals surface area (Å²) in [6, 6.07) is 21.3. The summed E-state index contributed by atoms with van der Waals surface area (Å²) in [4.78, 5) is 40.1. The Hall–Kier alpha value is -4.28. The summed E-state index contributed by atoms with van der Waals surface area (Å²) in [5.41, 5.74) is 3.16. The van der Waals surface area contributed by atoms with E-state index >= 15 is 0 Å². The van der Waals surface area contributed by atoms with Crippen molar-refractivity contribution in [1.82, 2.24) is 5.32 Å². The second kappa shape index (κ2) is 14.0. The lowest BCUT2D eigenvalue weighted by atomic mass is 9.63. The van der Waals surface area contributed by atoms with Crippen LogP contribution in [-0.4, -0.2) is 53.8 Å². The lowest BCUT2D eigenvalue weighted by Crippen LogP contribution is -2.48. The molecule has 4 aromatic carbocycles. The van der Waals surface area contributed by atoms with Gasteiger partial charge in [-0.1, -0.05) is 85.9 Å². The smallest absolute Gasteiger partial charge is 0.335 e. The summed E-state index contributed by atoms with van der Waals surface area (Å²) in [5, 5.41) is 27.0. The minimum atomic E-state index is -1.12. The summed E-state index contributed by atoms with van der Waals surface area (Å²) in [5.74, 6) is -2.80. The number of carbonyl (C=O) groups excluding carboxylic acids is 1. The molecule has 0 aliphatic carbocycles. The average Bonchev–Trinajstić information content (AvgIpc) is 3.55. The number of carbonyl (C=O) groups is 3. The molecular weight excluding hydrogens is 713 g/mol. The van der Waals surface area contributed by atoms with Crippen molar-refractivity contribution >= 4 is 64.0 Å². The van der Waals surface area contributed by atoms with Gasteiger partial charge in [-0.2, -0.15) is 0 Å². The van der Waals surface area contributed by atoms with Crippen LogP contribution in [0.25, 0.3) is 0 Å². The number of ether oxygens (including phenoxy) is 1. The van der Waals surface area contributed by atoms with Crippen molar-refractivity contribution in [2.24, 2.45) is 5.41 Å². The third kappa shape index (κ3) is 7.00. The second-order valence-electron chi connectivity index (χ2n) is 14.4. The van der Waals surface area contributed by atoms with Crippen molar-refractivity contribution in [3.05, 3.63) is 122 Å². The first-order chi connectivity index (χ1) is 24.1. The number of nitrogens with one attached hydrogen (secondary N) is 2. The highest BCUT2D eigenvalue weighted by Gasteiger charge is 2.62. The van der Waals surface area contributed by atoms with Gasteiger partial charge in [0.05, 0.1) is 40.0 Å². The highest BCUT2D eigenvalue weighted by atomic mass is 35.5. The van der Waals surface area contributed by atoms with E-state index in [1.807, 2.05) is 42.5 Å². The number of rotatable bonds is 9. The minimum Gasteiger partial charge on any atom is -0.495 e. The van der Waals surface area contributed by atoms with Crippen LogP contribution in [0.4, 0.5) is 11.4 Å². The number of carboxylic acid groups (broad SMARTS) is 2. The molecule has 0 aromatic heterocycles. The highest BCUT2D eigenvalue weighted by Crippen LogP contribution is 2.59. The van der Waals surface area contributed by atoms with Crippen LogP contribution in [0, 0.1) is 5.41 Å². The molecule has 1 fully saturated rings. The molecule has 0 bridgehead atoms. The van der Waals surface area contributed by atoms with Crippen LogP contribution in [0.15, 0.2) is 78.9 Å². The number of anilines is 2. The zero-order valence-electron chi connectivity index (χ0n) is 28.5. The van der Waals surface area contributed by atoms with E-state index in [2.05, 4.69) is 36.3 Å². The minimum absolute atomic E-state index is 0.0236. The fourth-order valence-electron chi connectivity index (χ4n) is 7.74. The third-order valence-corrected chi connectivity index (χ3v) is 10.9. The Bertz CT molecular complexity index is 2010. The largest absolute Gasteiger partial charge is 0.495 e. The van der Waals surface area contributed by atoms with Gasteiger partial charge in [-0.05, 0) is 77.1 Å². The highest BCUT2D eigenvalue weighted by molar-refractivity contribution is 6.42. The molecule has 51 heavy (non-hydrogen) atoms. The molecule has 1 unspecified atom stereocenters. The van der Waals surface area contributed by atoms with Crippen LogP contribution in [0.1, 0.15) is 70.5 Å². The number of aromatic carboxylic acids is 2. The van der Waals surface area contributed by atoms with E-state index in [0.29, 0.717) is 45.8 Å². The van der Waals surface area contributed by atoms with Crippen molar-refractivity contribution in [2.75, 3.05) is 23.9 Å². The summed E-state index contributed by atoms with van der Waals surface area (Å²) < 4.78 is 5.49. The average molecular weight is 751 g/mol. The Morgan fingerprint density at radius 3 is 2.27 bits per heavy atom. The van der Waals surface area contributed by atoms with Crippen LogP contribution in [0.2, 0.25) is 15.1 Å². The summed E-state index contributed by atoms with van der Waals surface area (Å²) in [6.45, 7) is 7.41. The first-order valence-electron chi connectivity index (χ1n) is 16.4. The number of amides is 1. The molecule has 1 amide bonds. The van der Waals surface area contributed by atoms with Gasteiger partial charge in [0.2, 0.25) is 5.91 Å². The maximum atomic E-state index is 14.7. The van der Waals surface area contributed by atoms with Gasteiger partial charge < -0.3 is 30.5 Å². The fourth-order valence-corrected chi connectivity index (χ4v) is 8.33. The summed E-state index contributed by atoms with van der Waals surface area (Å²) >= 11 is 20.4. The molecule has 1 spiro atoms. The van der Waals surface area contributed by atoms with E-state index < -0.39 is 29.3 Å². The van der Waals surface area contributed by atoms with E-state index in [4.69, 9.17) is 39.5 Å². The number of fused-ring (bicyclic) bond motifs is 2. The number of nitrogens with zero attached hydrogens (tertiary/aromatic N) is 1. The molecule has 6 rings (SSSR count). The maximum Gasteiger partial charge on any atom is 0.335 e. The van der Waals surface area contributed by atoms with Gasteiger partial charge in [0.1, 0.15) is 5.75 Å². The number of carboxylic acids is 2. The second-order valence-corrected chi connectivity index (χ2v) is 15.6. The van der Waals surface area contributed by atoms with Crippen LogP contribution in [0.5, 0.6) is 5.75 Å². The Labute approximate surface area is 311 Å². The van der Waals surface area contributed by atoms with Gasteiger partial charge in [0.15, 0.2) is 0 Å². The van der Waals surface area contributed by atoms with Crippen molar-refractivity contribution in [3.63, 3.8) is 0 Å². The zero-order valence-corrected chi connectivity index (χ0v) is 30.7. The van der Waals surface area contributed by atoms with E-state index in [1.54, 1.807) is 18.2 Å². The lowest BCUT2D eigenvalue weighted by Gasteiger charge is -2.40. The molecular formula is C39H38Cl3N3O6. The number of benzene rings is 4. The van der Waals surface area contributed by atoms with E-state index in [1.165, 1.54) is 25.3 Å². The Balaban J connectivity index is 1.52. The molecule has 4 atom stereocenters. The lowest BCUT2D eigenvalue weighted by molar-refractivity contribution is -0.118. The first kappa shape index (κ1) is 36.5.